The lowest BCUT2D eigenvalue weighted by Gasteiger charge is -2.26. The van der Waals surface area contributed by atoms with Crippen LogP contribution in [0, 0.1) is 0 Å². The maximum atomic E-state index is 13.2. The fraction of sp³-hybridized carbons (Fsp3) is 0.360. The van der Waals surface area contributed by atoms with E-state index in [1.807, 2.05) is 36.1 Å². The number of benzene rings is 2. The second-order valence-electron chi connectivity index (χ2n) is 8.05. The summed E-state index contributed by atoms with van der Waals surface area (Å²) in [5.41, 5.74) is 3.23. The fourth-order valence-corrected chi connectivity index (χ4v) is 4.38. The van der Waals surface area contributed by atoms with Crippen LogP contribution in [-0.2, 0) is 0 Å². The number of phenols is 1. The largest absolute Gasteiger partial charge is 0.507 e. The number of rotatable bonds is 9. The van der Waals surface area contributed by atoms with E-state index in [4.69, 9.17) is 16.3 Å². The zero-order valence-corrected chi connectivity index (χ0v) is 19.2. The van der Waals surface area contributed by atoms with E-state index in [-0.39, 0.29) is 17.7 Å². The number of nitrogens with one attached hydrogen (secondary N) is 1. The summed E-state index contributed by atoms with van der Waals surface area (Å²) in [4.78, 5) is 15.0. The Kier molecular flexibility index (Phi) is 6.70. The van der Waals surface area contributed by atoms with Crippen molar-refractivity contribution in [1.29, 1.82) is 0 Å². The molecule has 1 aliphatic rings. The van der Waals surface area contributed by atoms with Gasteiger partial charge in [-0.2, -0.15) is 5.10 Å². The number of aromatic hydroxyl groups is 1. The van der Waals surface area contributed by atoms with Crippen LogP contribution in [0.5, 0.6) is 11.5 Å². The van der Waals surface area contributed by atoms with Crippen molar-refractivity contribution in [1.82, 2.24) is 15.1 Å². The first kappa shape index (κ1) is 22.2. The SMILES string of the molecule is CCCCCOc1ccc(C2c3c(-c4cc(Cl)ccc4O)n[nH]c3C(=O)N2CCC)cc1. The van der Waals surface area contributed by atoms with Gasteiger partial charge in [0.05, 0.1) is 12.6 Å². The van der Waals surface area contributed by atoms with Crippen LogP contribution in [0.25, 0.3) is 11.3 Å². The summed E-state index contributed by atoms with van der Waals surface area (Å²) < 4.78 is 5.85. The van der Waals surface area contributed by atoms with Crippen LogP contribution in [0.3, 0.4) is 0 Å². The van der Waals surface area contributed by atoms with Gasteiger partial charge >= 0.3 is 0 Å². The molecule has 1 aliphatic heterocycles. The molecule has 6 nitrogen and oxygen atoms in total. The molecule has 0 spiro atoms. The van der Waals surface area contributed by atoms with Gasteiger partial charge in [0.1, 0.15) is 22.9 Å². The zero-order chi connectivity index (χ0) is 22.7. The molecule has 0 saturated heterocycles. The highest BCUT2D eigenvalue weighted by Crippen LogP contribution is 2.45. The summed E-state index contributed by atoms with van der Waals surface area (Å²) in [6.07, 6.45) is 4.17. The number of hydrogen-bond acceptors (Lipinski definition) is 4. The molecule has 1 amide bonds. The number of aromatic amines is 1. The predicted molar refractivity (Wildman–Crippen MR) is 125 cm³/mol. The number of halogens is 1. The van der Waals surface area contributed by atoms with Gasteiger partial charge < -0.3 is 14.7 Å². The third-order valence-electron chi connectivity index (χ3n) is 5.75. The molecular weight excluding hydrogens is 426 g/mol. The second-order valence-corrected chi connectivity index (χ2v) is 8.48. The van der Waals surface area contributed by atoms with Crippen molar-refractivity contribution in [3.63, 3.8) is 0 Å². The summed E-state index contributed by atoms with van der Waals surface area (Å²) in [7, 11) is 0. The van der Waals surface area contributed by atoms with Crippen LogP contribution in [0.1, 0.15) is 67.2 Å². The van der Waals surface area contributed by atoms with E-state index in [0.717, 1.165) is 42.6 Å². The maximum Gasteiger partial charge on any atom is 0.273 e. The number of aromatic nitrogens is 2. The smallest absolute Gasteiger partial charge is 0.273 e. The van der Waals surface area contributed by atoms with Crippen LogP contribution in [-0.4, -0.2) is 39.3 Å². The molecule has 1 atom stereocenters. The van der Waals surface area contributed by atoms with Crippen LogP contribution in [0.15, 0.2) is 42.5 Å². The molecule has 0 aliphatic carbocycles. The Bertz CT molecular complexity index is 1090. The molecule has 32 heavy (non-hydrogen) atoms. The predicted octanol–water partition coefficient (Wildman–Crippen LogP) is 5.96. The maximum absolute atomic E-state index is 13.2. The van der Waals surface area contributed by atoms with Crippen molar-refractivity contribution in [3.05, 3.63) is 64.3 Å². The molecule has 0 fully saturated rings. The number of nitrogens with zero attached hydrogens (tertiary/aromatic N) is 2. The average molecular weight is 454 g/mol. The quantitative estimate of drug-likeness (QED) is 0.392. The van der Waals surface area contributed by atoms with Crippen LogP contribution in [0.4, 0.5) is 0 Å². The van der Waals surface area contributed by atoms with Gasteiger partial charge in [-0.05, 0) is 48.7 Å². The third-order valence-corrected chi connectivity index (χ3v) is 5.99. The Hall–Kier alpha value is -2.99. The van der Waals surface area contributed by atoms with Gasteiger partial charge in [0, 0.05) is 22.7 Å². The van der Waals surface area contributed by atoms with Gasteiger partial charge in [0.25, 0.3) is 5.91 Å². The Balaban J connectivity index is 1.71. The second kappa shape index (κ2) is 9.65. The summed E-state index contributed by atoms with van der Waals surface area (Å²) in [6, 6.07) is 12.4. The standard InChI is InChI=1S/C25H28ClN3O3/c1-3-5-6-14-32-18-10-7-16(8-11-18)24-21-22(19-15-17(26)9-12-20(19)30)27-28-23(21)25(31)29(24)13-4-2/h7-12,15,24,30H,3-6,13-14H2,1-2H3,(H,27,28). The molecule has 1 aromatic heterocycles. The van der Waals surface area contributed by atoms with E-state index in [2.05, 4.69) is 17.1 Å². The van der Waals surface area contributed by atoms with E-state index < -0.39 is 0 Å². The third kappa shape index (κ3) is 4.19. The lowest BCUT2D eigenvalue weighted by molar-refractivity contribution is 0.0744. The first-order chi connectivity index (χ1) is 15.5. The molecule has 3 aromatic rings. The number of hydrogen-bond donors (Lipinski definition) is 2. The van der Waals surface area contributed by atoms with E-state index in [9.17, 15) is 9.90 Å². The highest BCUT2D eigenvalue weighted by Gasteiger charge is 2.42. The van der Waals surface area contributed by atoms with Crippen LogP contribution in [0.2, 0.25) is 5.02 Å². The number of ether oxygens (including phenoxy) is 1. The van der Waals surface area contributed by atoms with E-state index >= 15 is 0 Å². The van der Waals surface area contributed by atoms with Gasteiger partial charge in [-0.3, -0.25) is 9.89 Å². The highest BCUT2D eigenvalue weighted by atomic mass is 35.5. The zero-order valence-electron chi connectivity index (χ0n) is 18.4. The number of amides is 1. The molecule has 0 bridgehead atoms. The van der Waals surface area contributed by atoms with Gasteiger partial charge in [0.2, 0.25) is 0 Å². The molecule has 4 rings (SSSR count). The molecule has 0 radical (unpaired) electrons. The average Bonchev–Trinajstić information content (AvgIpc) is 3.33. The molecule has 2 heterocycles. The van der Waals surface area contributed by atoms with Crippen molar-refractivity contribution in [2.75, 3.05) is 13.2 Å². The van der Waals surface area contributed by atoms with E-state index in [0.29, 0.717) is 35.1 Å². The Morgan fingerprint density at radius 3 is 2.62 bits per heavy atom. The summed E-state index contributed by atoms with van der Waals surface area (Å²) in [5, 5.41) is 18.2. The minimum atomic E-state index is -0.307. The van der Waals surface area contributed by atoms with Crippen molar-refractivity contribution in [3.8, 4) is 22.8 Å². The first-order valence-electron chi connectivity index (χ1n) is 11.2. The van der Waals surface area contributed by atoms with Crippen molar-refractivity contribution in [2.45, 2.75) is 45.6 Å². The number of fused-ring (bicyclic) bond motifs is 1. The first-order valence-corrected chi connectivity index (χ1v) is 11.5. The molecule has 168 valence electrons. The normalized spacial score (nSPS) is 15.3. The molecule has 0 saturated carbocycles. The lowest BCUT2D eigenvalue weighted by Crippen LogP contribution is -2.30. The molecule has 2 aromatic carbocycles. The van der Waals surface area contributed by atoms with Crippen molar-refractivity contribution >= 4 is 17.5 Å². The van der Waals surface area contributed by atoms with Crippen LogP contribution < -0.4 is 4.74 Å². The number of H-pyrrole nitrogens is 1. The van der Waals surface area contributed by atoms with Crippen molar-refractivity contribution in [2.24, 2.45) is 0 Å². The Morgan fingerprint density at radius 1 is 1.12 bits per heavy atom. The molecule has 7 heteroatoms. The number of carbonyl (C=O) groups excluding carboxylic acids is 1. The van der Waals surface area contributed by atoms with Gasteiger partial charge in [-0.25, -0.2) is 0 Å². The Morgan fingerprint density at radius 2 is 1.91 bits per heavy atom. The number of phenolic OH excluding ortho intramolecular Hbond substituents is 1. The van der Waals surface area contributed by atoms with Crippen molar-refractivity contribution < 1.29 is 14.6 Å². The fourth-order valence-electron chi connectivity index (χ4n) is 4.21. The summed E-state index contributed by atoms with van der Waals surface area (Å²) in [5.74, 6) is 0.794. The summed E-state index contributed by atoms with van der Waals surface area (Å²) in [6.45, 7) is 5.52. The molecule has 1 unspecified atom stereocenters. The van der Waals surface area contributed by atoms with Gasteiger partial charge in [-0.15, -0.1) is 0 Å². The van der Waals surface area contributed by atoms with Gasteiger partial charge in [-0.1, -0.05) is 50.4 Å². The Labute approximate surface area is 193 Å². The minimum absolute atomic E-state index is 0.0691. The van der Waals surface area contributed by atoms with Gasteiger partial charge in [0.15, 0.2) is 0 Å². The molecular formula is C25H28ClN3O3. The van der Waals surface area contributed by atoms with E-state index in [1.54, 1.807) is 18.2 Å². The number of carbonyl (C=O) groups is 1. The van der Waals surface area contributed by atoms with E-state index in [1.165, 1.54) is 0 Å². The minimum Gasteiger partial charge on any atom is -0.507 e. The number of unbranched alkanes of at least 4 members (excludes halogenated alkanes) is 2. The monoisotopic (exact) mass is 453 g/mol. The highest BCUT2D eigenvalue weighted by molar-refractivity contribution is 6.31. The lowest BCUT2D eigenvalue weighted by atomic mass is 9.95. The summed E-state index contributed by atoms with van der Waals surface area (Å²) >= 11 is 6.18. The molecule has 2 N–H and O–H groups in total. The topological polar surface area (TPSA) is 78.5 Å². The van der Waals surface area contributed by atoms with Crippen LogP contribution >= 0.6 is 11.6 Å².